The Morgan fingerprint density at radius 1 is 1.56 bits per heavy atom. The van der Waals surface area contributed by atoms with Gasteiger partial charge in [0.25, 0.3) is 0 Å². The van der Waals surface area contributed by atoms with E-state index in [1.807, 2.05) is 13.0 Å². The van der Waals surface area contributed by atoms with Crippen LogP contribution in [0.2, 0.25) is 5.02 Å². The highest BCUT2D eigenvalue weighted by Crippen LogP contribution is 2.22. The molecule has 16 heavy (non-hydrogen) atoms. The van der Waals surface area contributed by atoms with Crippen molar-refractivity contribution >= 4 is 40.0 Å². The Labute approximate surface area is 114 Å². The first-order valence-corrected chi connectivity index (χ1v) is 6.50. The van der Waals surface area contributed by atoms with Crippen LogP contribution in [0.15, 0.2) is 18.2 Å². The highest BCUT2D eigenvalue weighted by atomic mass is 127. The van der Waals surface area contributed by atoms with Gasteiger partial charge in [-0.25, -0.2) is 0 Å². The number of carbonyl (C=O) groups excluding carboxylic acids is 1. The van der Waals surface area contributed by atoms with Crippen LogP contribution in [0.25, 0.3) is 0 Å². The number of carbonyl (C=O) groups is 1. The molecule has 4 heteroatoms. The first-order chi connectivity index (χ1) is 7.56. The Balaban J connectivity index is 2.83. The van der Waals surface area contributed by atoms with E-state index in [0.29, 0.717) is 17.2 Å². The van der Waals surface area contributed by atoms with E-state index in [-0.39, 0.29) is 11.7 Å². The topological polar surface area (TPSA) is 26.3 Å². The first kappa shape index (κ1) is 13.9. The second-order valence-corrected chi connectivity index (χ2v) is 5.27. The summed E-state index contributed by atoms with van der Waals surface area (Å²) in [6, 6.07) is 5.38. The van der Waals surface area contributed by atoms with Gasteiger partial charge in [0.2, 0.25) is 0 Å². The lowest BCUT2D eigenvalue weighted by Gasteiger charge is -2.11. The van der Waals surface area contributed by atoms with Crippen LogP contribution in [-0.2, 0) is 4.74 Å². The molecule has 0 heterocycles. The molecule has 1 aromatic rings. The van der Waals surface area contributed by atoms with Gasteiger partial charge in [0.15, 0.2) is 5.78 Å². The summed E-state index contributed by atoms with van der Waals surface area (Å²) in [4.78, 5) is 12.1. The minimum Gasteiger partial charge on any atom is -0.385 e. The molecule has 0 bridgehead atoms. The number of hydrogen-bond donors (Lipinski definition) is 0. The van der Waals surface area contributed by atoms with Crippen molar-refractivity contribution in [1.82, 2.24) is 0 Å². The van der Waals surface area contributed by atoms with Crippen molar-refractivity contribution in [3.63, 3.8) is 0 Å². The van der Waals surface area contributed by atoms with Crippen molar-refractivity contribution in [3.05, 3.63) is 32.4 Å². The number of ketones is 1. The van der Waals surface area contributed by atoms with Crippen molar-refractivity contribution in [2.24, 2.45) is 5.92 Å². The molecule has 0 saturated heterocycles. The van der Waals surface area contributed by atoms with E-state index in [2.05, 4.69) is 22.6 Å². The van der Waals surface area contributed by atoms with Gasteiger partial charge in [-0.15, -0.1) is 0 Å². The summed E-state index contributed by atoms with van der Waals surface area (Å²) >= 11 is 8.04. The summed E-state index contributed by atoms with van der Waals surface area (Å²) in [7, 11) is 1.64. The maximum atomic E-state index is 12.1. The van der Waals surface area contributed by atoms with Gasteiger partial charge >= 0.3 is 0 Å². The zero-order valence-electron chi connectivity index (χ0n) is 9.30. The Hall–Kier alpha value is -0.130. The van der Waals surface area contributed by atoms with Gasteiger partial charge in [0.05, 0.1) is 0 Å². The summed E-state index contributed by atoms with van der Waals surface area (Å²) in [5, 5.41) is 0.600. The highest BCUT2D eigenvalue weighted by Gasteiger charge is 2.17. The first-order valence-electron chi connectivity index (χ1n) is 5.04. The Kier molecular flexibility index (Phi) is 5.72. The van der Waals surface area contributed by atoms with E-state index in [0.717, 1.165) is 9.99 Å². The summed E-state index contributed by atoms with van der Waals surface area (Å²) in [5.74, 6) is 0.0934. The average molecular weight is 353 g/mol. The molecule has 1 rings (SSSR count). The summed E-state index contributed by atoms with van der Waals surface area (Å²) in [6.45, 7) is 2.52. The van der Waals surface area contributed by atoms with Crippen molar-refractivity contribution in [1.29, 1.82) is 0 Å². The van der Waals surface area contributed by atoms with Gasteiger partial charge < -0.3 is 4.74 Å². The SMILES string of the molecule is COCCC(C)C(=O)c1cc(Cl)ccc1I. The second-order valence-electron chi connectivity index (χ2n) is 3.67. The third-order valence-corrected chi connectivity index (χ3v) is 3.57. The van der Waals surface area contributed by atoms with Crippen LogP contribution in [0.5, 0.6) is 0 Å². The molecule has 0 spiro atoms. The lowest BCUT2D eigenvalue weighted by Crippen LogP contribution is -2.14. The fraction of sp³-hybridized carbons (Fsp3) is 0.417. The lowest BCUT2D eigenvalue weighted by molar-refractivity contribution is 0.0893. The van der Waals surface area contributed by atoms with Gasteiger partial charge in [-0.1, -0.05) is 18.5 Å². The number of methoxy groups -OCH3 is 1. The van der Waals surface area contributed by atoms with Crippen LogP contribution in [0.3, 0.4) is 0 Å². The average Bonchev–Trinajstić information content (AvgIpc) is 2.28. The van der Waals surface area contributed by atoms with Crippen LogP contribution in [-0.4, -0.2) is 19.5 Å². The van der Waals surface area contributed by atoms with Gasteiger partial charge in [-0.3, -0.25) is 4.79 Å². The Morgan fingerprint density at radius 2 is 2.25 bits per heavy atom. The molecule has 2 nitrogen and oxygen atoms in total. The molecule has 0 fully saturated rings. The van der Waals surface area contributed by atoms with Crippen molar-refractivity contribution in [2.45, 2.75) is 13.3 Å². The monoisotopic (exact) mass is 352 g/mol. The molecule has 0 aliphatic rings. The van der Waals surface area contributed by atoms with E-state index in [9.17, 15) is 4.79 Å². The second kappa shape index (κ2) is 6.57. The molecular formula is C12H14ClIO2. The van der Waals surface area contributed by atoms with Gasteiger partial charge in [0, 0.05) is 33.8 Å². The molecule has 0 aromatic heterocycles. The molecule has 1 aromatic carbocycles. The van der Waals surface area contributed by atoms with Gasteiger partial charge in [-0.05, 0) is 47.2 Å². The molecule has 0 aliphatic heterocycles. The number of rotatable bonds is 5. The summed E-state index contributed by atoms with van der Waals surface area (Å²) in [5.41, 5.74) is 0.705. The molecule has 0 amide bonds. The minimum atomic E-state index is -0.0352. The van der Waals surface area contributed by atoms with E-state index >= 15 is 0 Å². The summed E-state index contributed by atoms with van der Waals surface area (Å²) in [6.07, 6.45) is 0.734. The largest absolute Gasteiger partial charge is 0.385 e. The van der Waals surface area contributed by atoms with E-state index < -0.39 is 0 Å². The predicted octanol–water partition coefficient (Wildman–Crippen LogP) is 3.80. The van der Waals surface area contributed by atoms with Crippen molar-refractivity contribution in [2.75, 3.05) is 13.7 Å². The van der Waals surface area contributed by atoms with Crippen LogP contribution in [0.1, 0.15) is 23.7 Å². The molecule has 1 atom stereocenters. The number of halogens is 2. The van der Waals surface area contributed by atoms with E-state index in [4.69, 9.17) is 16.3 Å². The Bertz CT molecular complexity index is 379. The van der Waals surface area contributed by atoms with Crippen molar-refractivity contribution in [3.8, 4) is 0 Å². The number of benzene rings is 1. The molecule has 0 aliphatic carbocycles. The zero-order chi connectivity index (χ0) is 12.1. The van der Waals surface area contributed by atoms with Crippen LogP contribution >= 0.6 is 34.2 Å². The molecule has 0 N–H and O–H groups in total. The summed E-state index contributed by atoms with van der Waals surface area (Å²) < 4.78 is 5.91. The van der Waals surface area contributed by atoms with Gasteiger partial charge in [-0.2, -0.15) is 0 Å². The standard InChI is InChI=1S/C12H14ClIO2/c1-8(5-6-16-2)12(15)10-7-9(13)3-4-11(10)14/h3-4,7-8H,5-6H2,1-2H3. The number of ether oxygens (including phenoxy) is 1. The smallest absolute Gasteiger partial charge is 0.166 e. The maximum absolute atomic E-state index is 12.1. The van der Waals surface area contributed by atoms with E-state index in [1.54, 1.807) is 19.2 Å². The third kappa shape index (κ3) is 3.71. The Morgan fingerprint density at radius 3 is 2.88 bits per heavy atom. The van der Waals surface area contributed by atoms with Crippen molar-refractivity contribution < 1.29 is 9.53 Å². The number of Topliss-reactive ketones (excluding diaryl/α,β-unsaturated/α-hetero) is 1. The molecule has 0 radical (unpaired) electrons. The highest BCUT2D eigenvalue weighted by molar-refractivity contribution is 14.1. The fourth-order valence-corrected chi connectivity index (χ4v) is 2.15. The number of hydrogen-bond acceptors (Lipinski definition) is 2. The minimum absolute atomic E-state index is 0.0352. The van der Waals surface area contributed by atoms with Gasteiger partial charge in [0.1, 0.15) is 0 Å². The fourth-order valence-electron chi connectivity index (χ4n) is 1.38. The third-order valence-electron chi connectivity index (χ3n) is 2.40. The molecule has 1 unspecified atom stereocenters. The van der Waals surface area contributed by atoms with E-state index in [1.165, 1.54) is 0 Å². The maximum Gasteiger partial charge on any atom is 0.166 e. The molecule has 0 saturated carbocycles. The molecular weight excluding hydrogens is 338 g/mol. The zero-order valence-corrected chi connectivity index (χ0v) is 12.2. The molecule has 88 valence electrons. The van der Waals surface area contributed by atoms with Crippen LogP contribution in [0.4, 0.5) is 0 Å². The lowest BCUT2D eigenvalue weighted by atomic mass is 9.97. The quantitative estimate of drug-likeness (QED) is 0.595. The van der Waals surface area contributed by atoms with Crippen LogP contribution in [0, 0.1) is 9.49 Å². The predicted molar refractivity (Wildman–Crippen MR) is 74.2 cm³/mol. The van der Waals surface area contributed by atoms with Crippen LogP contribution < -0.4 is 0 Å². The normalized spacial score (nSPS) is 12.5.